The summed E-state index contributed by atoms with van der Waals surface area (Å²) >= 11 is 0. The highest BCUT2D eigenvalue weighted by Crippen LogP contribution is 2.17. The minimum Gasteiger partial charge on any atom is -0.368 e. The van der Waals surface area contributed by atoms with E-state index in [9.17, 15) is 18.8 Å². The summed E-state index contributed by atoms with van der Waals surface area (Å²) in [5.74, 6) is -0.831. The van der Waals surface area contributed by atoms with Crippen molar-refractivity contribution in [2.75, 3.05) is 37.6 Å². The molecule has 2 heterocycles. The second-order valence-electron chi connectivity index (χ2n) is 7.89. The van der Waals surface area contributed by atoms with Gasteiger partial charge in [-0.2, -0.15) is 0 Å². The van der Waals surface area contributed by atoms with Crippen molar-refractivity contribution >= 4 is 28.3 Å². The van der Waals surface area contributed by atoms with Crippen molar-refractivity contribution in [3.63, 3.8) is 0 Å². The van der Waals surface area contributed by atoms with Crippen molar-refractivity contribution in [1.82, 2.24) is 14.8 Å². The number of halogens is 1. The molecule has 0 atom stereocenters. The van der Waals surface area contributed by atoms with Gasteiger partial charge in [-0.1, -0.05) is 18.2 Å². The summed E-state index contributed by atoms with van der Waals surface area (Å²) in [6, 6.07) is 15.4. The fourth-order valence-corrected chi connectivity index (χ4v) is 3.97. The number of anilines is 1. The molecule has 1 aliphatic heterocycles. The predicted octanol–water partition coefficient (Wildman–Crippen LogP) is 1.91. The Morgan fingerprint density at radius 2 is 1.69 bits per heavy atom. The SMILES string of the molecule is Cc1cc2ccccc2c(=O)n1CC(=O)NCC(=O)N1CCN(c2ccc(F)cc2)CC1. The Kier molecular flexibility index (Phi) is 6.20. The number of pyridine rings is 1. The highest BCUT2D eigenvalue weighted by Gasteiger charge is 2.22. The molecule has 8 heteroatoms. The molecule has 4 rings (SSSR count). The maximum atomic E-state index is 13.1. The zero-order valence-corrected chi connectivity index (χ0v) is 17.9. The van der Waals surface area contributed by atoms with E-state index in [0.29, 0.717) is 37.3 Å². The number of rotatable bonds is 5. The number of carbonyl (C=O) groups excluding carboxylic acids is 2. The zero-order valence-electron chi connectivity index (χ0n) is 17.9. The number of nitrogens with zero attached hydrogens (tertiary/aromatic N) is 3. The second-order valence-corrected chi connectivity index (χ2v) is 7.89. The van der Waals surface area contributed by atoms with Crippen LogP contribution in [0.15, 0.2) is 59.4 Å². The summed E-state index contributed by atoms with van der Waals surface area (Å²) in [4.78, 5) is 41.5. The minimum absolute atomic E-state index is 0.114. The molecule has 2 aromatic carbocycles. The van der Waals surface area contributed by atoms with E-state index in [4.69, 9.17) is 0 Å². The Morgan fingerprint density at radius 3 is 2.41 bits per heavy atom. The Morgan fingerprint density at radius 1 is 1.00 bits per heavy atom. The van der Waals surface area contributed by atoms with Gasteiger partial charge in [0.05, 0.1) is 6.54 Å². The molecule has 0 radical (unpaired) electrons. The van der Waals surface area contributed by atoms with Crippen LogP contribution in [0, 0.1) is 12.7 Å². The van der Waals surface area contributed by atoms with Crippen LogP contribution in [0.4, 0.5) is 10.1 Å². The summed E-state index contributed by atoms with van der Waals surface area (Å²) in [6.45, 7) is 3.85. The smallest absolute Gasteiger partial charge is 0.259 e. The summed E-state index contributed by atoms with van der Waals surface area (Å²) < 4.78 is 14.5. The summed E-state index contributed by atoms with van der Waals surface area (Å²) in [5.41, 5.74) is 1.38. The van der Waals surface area contributed by atoms with Crippen molar-refractivity contribution in [3.8, 4) is 0 Å². The van der Waals surface area contributed by atoms with Gasteiger partial charge in [0.15, 0.2) is 0 Å². The molecule has 32 heavy (non-hydrogen) atoms. The first kappa shape index (κ1) is 21.5. The molecule has 2 amide bonds. The van der Waals surface area contributed by atoms with Gasteiger partial charge in [0.1, 0.15) is 12.4 Å². The first-order valence-corrected chi connectivity index (χ1v) is 10.6. The van der Waals surface area contributed by atoms with Crippen LogP contribution in [0.25, 0.3) is 10.8 Å². The largest absolute Gasteiger partial charge is 0.368 e. The Labute approximate surface area is 185 Å². The Bertz CT molecular complexity index is 1200. The number of piperazine rings is 1. The highest BCUT2D eigenvalue weighted by molar-refractivity contribution is 5.86. The second kappa shape index (κ2) is 9.21. The van der Waals surface area contributed by atoms with E-state index < -0.39 is 0 Å². The number of carbonyl (C=O) groups is 2. The number of hydrogen-bond donors (Lipinski definition) is 1. The number of aryl methyl sites for hydroxylation is 1. The molecule has 1 fully saturated rings. The van der Waals surface area contributed by atoms with E-state index in [1.165, 1.54) is 16.7 Å². The molecule has 1 N–H and O–H groups in total. The lowest BCUT2D eigenvalue weighted by Crippen LogP contribution is -2.51. The molecular weight excluding hydrogens is 411 g/mol. The minimum atomic E-state index is -0.385. The van der Waals surface area contributed by atoms with E-state index in [-0.39, 0.29) is 36.3 Å². The lowest BCUT2D eigenvalue weighted by Gasteiger charge is -2.36. The van der Waals surface area contributed by atoms with Crippen molar-refractivity contribution in [3.05, 3.63) is 76.5 Å². The van der Waals surface area contributed by atoms with Crippen molar-refractivity contribution < 1.29 is 14.0 Å². The normalized spacial score (nSPS) is 13.9. The van der Waals surface area contributed by atoms with Crippen LogP contribution in [-0.4, -0.2) is 54.0 Å². The first-order valence-electron chi connectivity index (χ1n) is 10.6. The number of fused-ring (bicyclic) bond motifs is 1. The van der Waals surface area contributed by atoms with Gasteiger partial charge in [0.25, 0.3) is 5.56 Å². The van der Waals surface area contributed by atoms with Crippen molar-refractivity contribution in [1.29, 1.82) is 0 Å². The standard InChI is InChI=1S/C24H25FN4O3/c1-17-14-18-4-2-3-5-21(18)24(32)29(17)16-22(30)26-15-23(31)28-12-10-27(11-13-28)20-8-6-19(25)7-9-20/h2-9,14H,10-13,15-16H2,1H3,(H,26,30). The third-order valence-electron chi connectivity index (χ3n) is 5.79. The summed E-state index contributed by atoms with van der Waals surface area (Å²) in [6.07, 6.45) is 0. The molecule has 1 saturated heterocycles. The number of hydrogen-bond acceptors (Lipinski definition) is 4. The molecule has 3 aromatic rings. The fourth-order valence-electron chi connectivity index (χ4n) is 3.97. The Balaban J connectivity index is 1.30. The molecule has 0 aliphatic carbocycles. The predicted molar refractivity (Wildman–Crippen MR) is 121 cm³/mol. The van der Waals surface area contributed by atoms with E-state index in [0.717, 1.165) is 11.1 Å². The quantitative estimate of drug-likeness (QED) is 0.663. The van der Waals surface area contributed by atoms with Gasteiger partial charge in [0, 0.05) is 42.9 Å². The van der Waals surface area contributed by atoms with Gasteiger partial charge in [-0.3, -0.25) is 14.4 Å². The van der Waals surface area contributed by atoms with Gasteiger partial charge < -0.3 is 19.7 Å². The van der Waals surface area contributed by atoms with Crippen LogP contribution in [-0.2, 0) is 16.1 Å². The van der Waals surface area contributed by atoms with Crippen molar-refractivity contribution in [2.24, 2.45) is 0 Å². The van der Waals surface area contributed by atoms with Crippen molar-refractivity contribution in [2.45, 2.75) is 13.5 Å². The van der Waals surface area contributed by atoms with Gasteiger partial charge in [0.2, 0.25) is 11.8 Å². The van der Waals surface area contributed by atoms with Crippen LogP contribution in [0.3, 0.4) is 0 Å². The number of benzene rings is 2. The van der Waals surface area contributed by atoms with Crippen LogP contribution in [0.2, 0.25) is 0 Å². The van der Waals surface area contributed by atoms with Crippen LogP contribution < -0.4 is 15.8 Å². The molecule has 0 bridgehead atoms. The first-order chi connectivity index (χ1) is 15.4. The maximum absolute atomic E-state index is 13.1. The van der Waals surface area contributed by atoms with Gasteiger partial charge in [-0.25, -0.2) is 4.39 Å². The van der Waals surface area contributed by atoms with Crippen LogP contribution in [0.1, 0.15) is 5.69 Å². The highest BCUT2D eigenvalue weighted by atomic mass is 19.1. The summed E-state index contributed by atoms with van der Waals surface area (Å²) in [5, 5.41) is 4.03. The third-order valence-corrected chi connectivity index (χ3v) is 5.79. The van der Waals surface area contributed by atoms with E-state index >= 15 is 0 Å². The van der Waals surface area contributed by atoms with Crippen LogP contribution in [0.5, 0.6) is 0 Å². The van der Waals surface area contributed by atoms with Gasteiger partial charge in [-0.05, 0) is 48.7 Å². The number of nitrogens with one attached hydrogen (secondary N) is 1. The number of aromatic nitrogens is 1. The molecular formula is C24H25FN4O3. The topological polar surface area (TPSA) is 74.6 Å². The van der Waals surface area contributed by atoms with Gasteiger partial charge >= 0.3 is 0 Å². The molecule has 166 valence electrons. The molecule has 0 spiro atoms. The molecule has 1 aromatic heterocycles. The zero-order chi connectivity index (χ0) is 22.7. The summed E-state index contributed by atoms with van der Waals surface area (Å²) in [7, 11) is 0. The van der Waals surface area contributed by atoms with E-state index in [1.54, 1.807) is 36.1 Å². The fraction of sp³-hybridized carbons (Fsp3) is 0.292. The molecule has 7 nitrogen and oxygen atoms in total. The average Bonchev–Trinajstić information content (AvgIpc) is 2.81. The van der Waals surface area contributed by atoms with E-state index in [2.05, 4.69) is 10.2 Å². The van der Waals surface area contributed by atoms with Crippen LogP contribution >= 0.6 is 0 Å². The molecule has 0 unspecified atom stereocenters. The monoisotopic (exact) mass is 436 g/mol. The Hall–Kier alpha value is -3.68. The lowest BCUT2D eigenvalue weighted by molar-refractivity contribution is -0.133. The lowest BCUT2D eigenvalue weighted by atomic mass is 10.1. The molecule has 0 saturated carbocycles. The van der Waals surface area contributed by atoms with Gasteiger partial charge in [-0.15, -0.1) is 0 Å². The molecule has 1 aliphatic rings. The average molecular weight is 436 g/mol. The van der Waals surface area contributed by atoms with E-state index in [1.807, 2.05) is 18.2 Å². The number of amides is 2. The maximum Gasteiger partial charge on any atom is 0.259 e. The third kappa shape index (κ3) is 4.64.